The van der Waals surface area contributed by atoms with Crippen molar-refractivity contribution in [2.24, 2.45) is 5.92 Å². The number of hydrogen-bond acceptors (Lipinski definition) is 6. The number of morpholine rings is 1. The maximum atomic E-state index is 12.5. The van der Waals surface area contributed by atoms with E-state index in [1.165, 1.54) is 0 Å². The summed E-state index contributed by atoms with van der Waals surface area (Å²) in [5.74, 6) is 1.48. The smallest absolute Gasteiger partial charge is 0.234 e. The molecule has 1 N–H and O–H groups in total. The normalized spacial score (nSPS) is 24.5. The Labute approximate surface area is 149 Å². The van der Waals surface area contributed by atoms with Crippen molar-refractivity contribution < 1.29 is 9.53 Å². The van der Waals surface area contributed by atoms with Crippen molar-refractivity contribution in [2.45, 2.75) is 32.7 Å². The Morgan fingerprint density at radius 2 is 2.08 bits per heavy atom. The number of amides is 1. The van der Waals surface area contributed by atoms with Gasteiger partial charge in [0.1, 0.15) is 0 Å². The largest absolute Gasteiger partial charge is 0.379 e. The van der Waals surface area contributed by atoms with E-state index < -0.39 is 0 Å². The topological polar surface area (TPSA) is 70.6 Å². The molecule has 0 spiro atoms. The van der Waals surface area contributed by atoms with Crippen LogP contribution in [0.1, 0.15) is 25.5 Å². The maximum Gasteiger partial charge on any atom is 0.234 e. The summed E-state index contributed by atoms with van der Waals surface area (Å²) in [7, 11) is 0. The van der Waals surface area contributed by atoms with Gasteiger partial charge in [-0.2, -0.15) is 5.10 Å². The zero-order valence-corrected chi connectivity index (χ0v) is 15.3. The van der Waals surface area contributed by atoms with Gasteiger partial charge in [0.15, 0.2) is 5.82 Å². The van der Waals surface area contributed by atoms with Crippen molar-refractivity contribution in [1.82, 2.24) is 20.4 Å². The minimum atomic E-state index is 0.116. The van der Waals surface area contributed by atoms with Crippen molar-refractivity contribution in [3.63, 3.8) is 0 Å². The fourth-order valence-corrected chi connectivity index (χ4v) is 3.66. The van der Waals surface area contributed by atoms with Gasteiger partial charge in [0.2, 0.25) is 5.91 Å². The lowest BCUT2D eigenvalue weighted by atomic mass is 9.98. The lowest BCUT2D eigenvalue weighted by Gasteiger charge is -2.27. The van der Waals surface area contributed by atoms with Crippen molar-refractivity contribution in [3.05, 3.63) is 17.8 Å². The van der Waals surface area contributed by atoms with E-state index >= 15 is 0 Å². The third kappa shape index (κ3) is 4.89. The zero-order chi connectivity index (χ0) is 17.6. The van der Waals surface area contributed by atoms with Crippen molar-refractivity contribution in [3.8, 4) is 0 Å². The number of carbonyl (C=O) groups excluding carboxylic acids is 1. The SMILES string of the molecule is CCC[C@H]1CN(c2ccc(C)nn2)C[C@@H]1NC(=O)CN1CCOCC1. The van der Waals surface area contributed by atoms with Crippen LogP contribution in [0.3, 0.4) is 0 Å². The lowest BCUT2D eigenvalue weighted by Crippen LogP contribution is -2.47. The number of anilines is 1. The Morgan fingerprint density at radius 1 is 1.28 bits per heavy atom. The minimum Gasteiger partial charge on any atom is -0.379 e. The number of hydrogen-bond donors (Lipinski definition) is 1. The van der Waals surface area contributed by atoms with Gasteiger partial charge in [-0.25, -0.2) is 0 Å². The van der Waals surface area contributed by atoms with E-state index in [2.05, 4.69) is 32.2 Å². The molecule has 0 unspecified atom stereocenters. The van der Waals surface area contributed by atoms with E-state index in [0.717, 1.165) is 63.7 Å². The summed E-state index contributed by atoms with van der Waals surface area (Å²) >= 11 is 0. The predicted molar refractivity (Wildman–Crippen MR) is 96.6 cm³/mol. The number of carbonyl (C=O) groups is 1. The molecule has 2 aliphatic rings. The molecule has 0 aliphatic carbocycles. The van der Waals surface area contributed by atoms with Crippen LogP contribution < -0.4 is 10.2 Å². The van der Waals surface area contributed by atoms with Crippen LogP contribution in [0.15, 0.2) is 12.1 Å². The van der Waals surface area contributed by atoms with Crippen LogP contribution in [0.25, 0.3) is 0 Å². The molecule has 138 valence electrons. The monoisotopic (exact) mass is 347 g/mol. The third-order valence-corrected chi connectivity index (χ3v) is 5.03. The molecule has 3 heterocycles. The Hall–Kier alpha value is -1.73. The van der Waals surface area contributed by atoms with Crippen molar-refractivity contribution >= 4 is 11.7 Å². The van der Waals surface area contributed by atoms with E-state index in [1.807, 2.05) is 19.1 Å². The first-order chi connectivity index (χ1) is 12.2. The summed E-state index contributed by atoms with van der Waals surface area (Å²) in [4.78, 5) is 16.9. The minimum absolute atomic E-state index is 0.116. The number of aromatic nitrogens is 2. The van der Waals surface area contributed by atoms with Crippen molar-refractivity contribution in [1.29, 1.82) is 0 Å². The Bertz CT molecular complexity index is 559. The molecule has 2 aliphatic heterocycles. The molecular weight excluding hydrogens is 318 g/mol. The van der Waals surface area contributed by atoms with Gasteiger partial charge in [-0.05, 0) is 31.4 Å². The summed E-state index contributed by atoms with van der Waals surface area (Å²) < 4.78 is 5.34. The van der Waals surface area contributed by atoms with Crippen LogP contribution in [-0.2, 0) is 9.53 Å². The first-order valence-electron chi connectivity index (χ1n) is 9.30. The molecule has 0 radical (unpaired) electrons. The van der Waals surface area contributed by atoms with Gasteiger partial charge < -0.3 is 15.0 Å². The van der Waals surface area contributed by atoms with Crippen LogP contribution in [0, 0.1) is 12.8 Å². The molecule has 1 aromatic rings. The van der Waals surface area contributed by atoms with Crippen LogP contribution in [0.4, 0.5) is 5.82 Å². The Morgan fingerprint density at radius 3 is 2.76 bits per heavy atom. The standard InChI is InChI=1S/C18H29N5O2/c1-3-4-15-11-23(17-6-5-14(2)20-21-17)12-16(15)19-18(24)13-22-7-9-25-10-8-22/h5-6,15-16H,3-4,7-13H2,1-2H3,(H,19,24)/t15-,16-/m0/s1. The predicted octanol–water partition coefficient (Wildman–Crippen LogP) is 0.838. The highest BCUT2D eigenvalue weighted by Crippen LogP contribution is 2.25. The highest BCUT2D eigenvalue weighted by atomic mass is 16.5. The van der Waals surface area contributed by atoms with Crippen LogP contribution >= 0.6 is 0 Å². The van der Waals surface area contributed by atoms with Gasteiger partial charge in [-0.3, -0.25) is 9.69 Å². The van der Waals surface area contributed by atoms with Crippen molar-refractivity contribution in [2.75, 3.05) is 50.8 Å². The molecule has 3 rings (SSSR count). The number of rotatable bonds is 6. The fraction of sp³-hybridized carbons (Fsp3) is 0.722. The molecule has 7 nitrogen and oxygen atoms in total. The first kappa shape index (κ1) is 18.1. The van der Waals surface area contributed by atoms with Gasteiger partial charge >= 0.3 is 0 Å². The maximum absolute atomic E-state index is 12.5. The average molecular weight is 347 g/mol. The molecule has 1 amide bonds. The van der Waals surface area contributed by atoms with Gasteiger partial charge in [0.05, 0.1) is 31.5 Å². The lowest BCUT2D eigenvalue weighted by molar-refractivity contribution is -0.124. The molecule has 25 heavy (non-hydrogen) atoms. The third-order valence-electron chi connectivity index (χ3n) is 5.03. The second-order valence-electron chi connectivity index (χ2n) is 7.05. The zero-order valence-electron chi connectivity index (χ0n) is 15.3. The average Bonchev–Trinajstić information content (AvgIpc) is 2.99. The molecule has 2 saturated heterocycles. The molecule has 2 fully saturated rings. The number of nitrogens with one attached hydrogen (secondary N) is 1. The summed E-state index contributed by atoms with van der Waals surface area (Å²) in [6.07, 6.45) is 2.23. The first-order valence-corrected chi connectivity index (χ1v) is 9.30. The van der Waals surface area contributed by atoms with E-state index in [-0.39, 0.29) is 11.9 Å². The molecule has 0 bridgehead atoms. The Kier molecular flexibility index (Phi) is 6.20. The quantitative estimate of drug-likeness (QED) is 0.822. The molecule has 0 aromatic carbocycles. The van der Waals surface area contributed by atoms with Crippen LogP contribution in [0.5, 0.6) is 0 Å². The Balaban J connectivity index is 1.58. The fourth-order valence-electron chi connectivity index (χ4n) is 3.66. The van der Waals surface area contributed by atoms with E-state index in [4.69, 9.17) is 4.74 Å². The number of nitrogens with zero attached hydrogens (tertiary/aromatic N) is 4. The van der Waals surface area contributed by atoms with E-state index in [0.29, 0.717) is 12.5 Å². The highest BCUT2D eigenvalue weighted by Gasteiger charge is 2.34. The van der Waals surface area contributed by atoms with Crippen LogP contribution in [-0.4, -0.2) is 73.0 Å². The molecular formula is C18H29N5O2. The molecule has 0 saturated carbocycles. The molecule has 2 atom stereocenters. The van der Waals surface area contributed by atoms with Gasteiger partial charge in [-0.1, -0.05) is 13.3 Å². The second-order valence-corrected chi connectivity index (χ2v) is 7.05. The summed E-state index contributed by atoms with van der Waals surface area (Å²) in [6.45, 7) is 9.43. The molecule has 7 heteroatoms. The van der Waals surface area contributed by atoms with Gasteiger partial charge in [0.25, 0.3) is 0 Å². The highest BCUT2D eigenvalue weighted by molar-refractivity contribution is 5.78. The molecule has 1 aromatic heterocycles. The number of aryl methyl sites for hydroxylation is 1. The summed E-state index contributed by atoms with van der Waals surface area (Å²) in [5, 5.41) is 11.7. The summed E-state index contributed by atoms with van der Waals surface area (Å²) in [6, 6.07) is 4.18. The van der Waals surface area contributed by atoms with Gasteiger partial charge in [0, 0.05) is 26.2 Å². The van der Waals surface area contributed by atoms with E-state index in [9.17, 15) is 4.79 Å². The van der Waals surface area contributed by atoms with Crippen LogP contribution in [0.2, 0.25) is 0 Å². The summed E-state index contributed by atoms with van der Waals surface area (Å²) in [5.41, 5.74) is 0.920. The number of ether oxygens (including phenoxy) is 1. The van der Waals surface area contributed by atoms with E-state index in [1.54, 1.807) is 0 Å². The second kappa shape index (κ2) is 8.58. The van der Waals surface area contributed by atoms with Gasteiger partial charge in [-0.15, -0.1) is 5.10 Å².